The van der Waals surface area contributed by atoms with E-state index in [1.54, 1.807) is 0 Å². The Morgan fingerprint density at radius 2 is 0.588 bits per heavy atom. The van der Waals surface area contributed by atoms with Crippen molar-refractivity contribution >= 4 is 0 Å². The van der Waals surface area contributed by atoms with Gasteiger partial charge >= 0.3 is 0 Å². The quantitative estimate of drug-likeness (QED) is 0.0604. The van der Waals surface area contributed by atoms with Crippen LogP contribution in [-0.2, 0) is 23.7 Å². The number of hydrogen-bond donors (Lipinski definition) is 2. The van der Waals surface area contributed by atoms with E-state index in [9.17, 15) is 10.2 Å². The normalized spacial score (nSPS) is 14.2. The van der Waals surface area contributed by atoms with Crippen molar-refractivity contribution in [2.75, 3.05) is 52.9 Å². The SMILES string of the molecule is CCCCCCCCC(CO)OCC(CCCCCCCC)OCCOCCOC(CCCCCCCC)COC(CO)CCCCCCCC. The van der Waals surface area contributed by atoms with Gasteiger partial charge in [-0.15, -0.1) is 0 Å². The summed E-state index contributed by atoms with van der Waals surface area (Å²) in [5.41, 5.74) is 0. The van der Waals surface area contributed by atoms with Crippen LogP contribution >= 0.6 is 0 Å². The Morgan fingerprint density at radius 1 is 0.314 bits per heavy atom. The highest BCUT2D eigenvalue weighted by Gasteiger charge is 2.16. The summed E-state index contributed by atoms with van der Waals surface area (Å²) in [6, 6.07) is 0. The average Bonchev–Trinajstić information content (AvgIpc) is 3.14. The van der Waals surface area contributed by atoms with Crippen LogP contribution in [0.25, 0.3) is 0 Å². The van der Waals surface area contributed by atoms with Crippen molar-refractivity contribution in [3.63, 3.8) is 0 Å². The molecule has 51 heavy (non-hydrogen) atoms. The van der Waals surface area contributed by atoms with E-state index in [1.807, 2.05) is 0 Å². The van der Waals surface area contributed by atoms with Crippen LogP contribution in [0.5, 0.6) is 0 Å². The van der Waals surface area contributed by atoms with Gasteiger partial charge in [-0.05, 0) is 25.7 Å². The summed E-state index contributed by atoms with van der Waals surface area (Å²) in [5, 5.41) is 19.9. The molecule has 0 rings (SSSR count). The predicted molar refractivity (Wildman–Crippen MR) is 216 cm³/mol. The smallest absolute Gasteiger partial charge is 0.0809 e. The van der Waals surface area contributed by atoms with Gasteiger partial charge < -0.3 is 33.9 Å². The third-order valence-corrected chi connectivity index (χ3v) is 10.1. The van der Waals surface area contributed by atoms with Crippen LogP contribution in [0.4, 0.5) is 0 Å². The lowest BCUT2D eigenvalue weighted by Crippen LogP contribution is -2.28. The number of unbranched alkanes of at least 4 members (excludes halogenated alkanes) is 20. The molecule has 0 saturated heterocycles. The van der Waals surface area contributed by atoms with Gasteiger partial charge in [0.15, 0.2) is 0 Å². The van der Waals surface area contributed by atoms with Crippen molar-refractivity contribution < 1.29 is 33.9 Å². The van der Waals surface area contributed by atoms with Crippen molar-refractivity contribution in [1.82, 2.24) is 0 Å². The monoisotopic (exact) mass is 731 g/mol. The van der Waals surface area contributed by atoms with Gasteiger partial charge in [0.25, 0.3) is 0 Å². The molecular formula is C44H90O7. The van der Waals surface area contributed by atoms with Gasteiger partial charge in [0.1, 0.15) is 0 Å². The summed E-state index contributed by atoms with van der Waals surface area (Å²) in [7, 11) is 0. The van der Waals surface area contributed by atoms with Crippen LogP contribution in [0, 0.1) is 0 Å². The Labute approximate surface area is 318 Å². The number of hydrogen-bond acceptors (Lipinski definition) is 7. The number of aliphatic hydroxyl groups is 2. The first-order chi connectivity index (χ1) is 25.1. The molecule has 4 atom stereocenters. The summed E-state index contributed by atoms with van der Waals surface area (Å²) < 4.78 is 30.9. The fraction of sp³-hybridized carbons (Fsp3) is 1.00. The molecular weight excluding hydrogens is 640 g/mol. The minimum atomic E-state index is -0.100. The number of rotatable bonds is 44. The first-order valence-corrected chi connectivity index (χ1v) is 22.4. The zero-order valence-electron chi connectivity index (χ0n) is 34.7. The lowest BCUT2D eigenvalue weighted by Gasteiger charge is -2.23. The van der Waals surface area contributed by atoms with Gasteiger partial charge in [-0.25, -0.2) is 0 Å². The molecule has 0 aliphatic heterocycles. The zero-order valence-corrected chi connectivity index (χ0v) is 34.7. The Balaban J connectivity index is 4.61. The molecule has 0 bridgehead atoms. The second-order valence-corrected chi connectivity index (χ2v) is 15.1. The average molecular weight is 731 g/mol. The molecule has 7 heteroatoms. The summed E-state index contributed by atoms with van der Waals surface area (Å²) in [5.74, 6) is 0. The highest BCUT2D eigenvalue weighted by atomic mass is 16.6. The minimum absolute atomic E-state index is 0.0318. The zero-order chi connectivity index (χ0) is 37.3. The molecule has 0 saturated carbocycles. The Morgan fingerprint density at radius 3 is 0.882 bits per heavy atom. The molecule has 0 aliphatic rings. The van der Waals surface area contributed by atoms with Gasteiger partial charge in [-0.1, -0.05) is 182 Å². The van der Waals surface area contributed by atoms with Crippen molar-refractivity contribution in [3.8, 4) is 0 Å². The van der Waals surface area contributed by atoms with E-state index >= 15 is 0 Å². The van der Waals surface area contributed by atoms with Crippen LogP contribution in [0.15, 0.2) is 0 Å². The van der Waals surface area contributed by atoms with E-state index in [1.165, 1.54) is 128 Å². The summed E-state index contributed by atoms with van der Waals surface area (Å²) in [6.45, 7) is 12.4. The molecule has 0 amide bonds. The van der Waals surface area contributed by atoms with E-state index in [4.69, 9.17) is 23.7 Å². The Kier molecular flexibility index (Phi) is 42.2. The summed E-state index contributed by atoms with van der Waals surface area (Å²) in [6.07, 6.45) is 33.8. The molecule has 0 spiro atoms. The van der Waals surface area contributed by atoms with Crippen LogP contribution in [0.3, 0.4) is 0 Å². The van der Waals surface area contributed by atoms with Gasteiger partial charge in [-0.3, -0.25) is 0 Å². The van der Waals surface area contributed by atoms with Crippen LogP contribution < -0.4 is 0 Å². The van der Waals surface area contributed by atoms with E-state index < -0.39 is 0 Å². The molecule has 0 aromatic heterocycles. The number of ether oxygens (including phenoxy) is 5. The lowest BCUT2D eigenvalue weighted by molar-refractivity contribution is -0.0865. The van der Waals surface area contributed by atoms with Crippen molar-refractivity contribution in [2.45, 2.75) is 232 Å². The van der Waals surface area contributed by atoms with Gasteiger partial charge in [-0.2, -0.15) is 0 Å². The first-order valence-electron chi connectivity index (χ1n) is 22.4. The van der Waals surface area contributed by atoms with Crippen molar-refractivity contribution in [1.29, 1.82) is 0 Å². The van der Waals surface area contributed by atoms with Gasteiger partial charge in [0, 0.05) is 0 Å². The van der Waals surface area contributed by atoms with E-state index in [0.29, 0.717) is 39.6 Å². The largest absolute Gasteiger partial charge is 0.394 e. The third-order valence-electron chi connectivity index (χ3n) is 10.1. The van der Waals surface area contributed by atoms with Gasteiger partial charge in [0.05, 0.1) is 77.3 Å². The van der Waals surface area contributed by atoms with E-state index in [2.05, 4.69) is 27.7 Å². The maximum atomic E-state index is 9.93. The topological polar surface area (TPSA) is 86.6 Å². The maximum absolute atomic E-state index is 9.93. The molecule has 0 aliphatic carbocycles. The van der Waals surface area contributed by atoms with Crippen molar-refractivity contribution in [3.05, 3.63) is 0 Å². The van der Waals surface area contributed by atoms with Crippen LogP contribution in [0.2, 0.25) is 0 Å². The molecule has 7 nitrogen and oxygen atoms in total. The van der Waals surface area contributed by atoms with Crippen molar-refractivity contribution in [2.24, 2.45) is 0 Å². The second-order valence-electron chi connectivity index (χ2n) is 15.1. The Bertz CT molecular complexity index is 585. The number of aliphatic hydroxyl groups excluding tert-OH is 2. The molecule has 0 fully saturated rings. The highest BCUT2D eigenvalue weighted by molar-refractivity contribution is 4.65. The van der Waals surface area contributed by atoms with Crippen LogP contribution in [0.1, 0.15) is 207 Å². The highest BCUT2D eigenvalue weighted by Crippen LogP contribution is 2.16. The predicted octanol–water partition coefficient (Wildman–Crippen LogP) is 11.5. The van der Waals surface area contributed by atoms with Gasteiger partial charge in [0.2, 0.25) is 0 Å². The van der Waals surface area contributed by atoms with Crippen LogP contribution in [-0.4, -0.2) is 87.5 Å². The summed E-state index contributed by atoms with van der Waals surface area (Å²) >= 11 is 0. The van der Waals surface area contributed by atoms with E-state index in [0.717, 1.165) is 51.4 Å². The standard InChI is InChI=1S/C44H90O7/c1-5-9-13-17-21-25-29-41(37-45)50-39-43(31-27-23-19-15-11-7-3)48-35-33-47-34-36-49-44(32-28-24-20-16-12-8-4)40-51-42(38-46)30-26-22-18-14-10-6-2/h41-46H,5-40H2,1-4H3. The molecule has 308 valence electrons. The third kappa shape index (κ3) is 36.5. The fourth-order valence-corrected chi connectivity index (χ4v) is 6.63. The molecule has 0 aromatic carbocycles. The molecule has 2 N–H and O–H groups in total. The summed E-state index contributed by atoms with van der Waals surface area (Å²) in [4.78, 5) is 0. The minimum Gasteiger partial charge on any atom is -0.394 e. The first kappa shape index (κ1) is 50.7. The molecule has 0 radical (unpaired) electrons. The molecule has 0 aromatic rings. The fourth-order valence-electron chi connectivity index (χ4n) is 6.63. The second kappa shape index (κ2) is 42.5. The Hall–Kier alpha value is -0.280. The maximum Gasteiger partial charge on any atom is 0.0809 e. The lowest BCUT2D eigenvalue weighted by atomic mass is 10.1. The molecule has 4 unspecified atom stereocenters. The molecule has 0 heterocycles. The van der Waals surface area contributed by atoms with E-state index in [-0.39, 0.29) is 37.6 Å².